The Morgan fingerprint density at radius 2 is 1.64 bits per heavy atom. The van der Waals surface area contributed by atoms with E-state index in [1.165, 1.54) is 17.0 Å². The van der Waals surface area contributed by atoms with Gasteiger partial charge >= 0.3 is 0 Å². The molecule has 0 bridgehead atoms. The molecule has 1 heterocycles. The Morgan fingerprint density at radius 3 is 2.31 bits per heavy atom. The van der Waals surface area contributed by atoms with Gasteiger partial charge < -0.3 is 24.4 Å². The molecular weight excluding hydrogens is 558 g/mol. The molecule has 0 aromatic heterocycles. The molecule has 0 unspecified atom stereocenters. The number of fused-ring (bicyclic) bond motifs is 1. The molecule has 1 atom stereocenters. The SMILES string of the molecule is COc1cccc(CN(C(=O)CN(c2ccc3c(c2)OCCO3)S(=O)(=O)c2ccccc2)[C@@H](C)C(=O)NC(C)(C)C)c1. The Hall–Kier alpha value is -4.25. The van der Waals surface area contributed by atoms with Gasteiger partial charge in [-0.25, -0.2) is 8.42 Å². The van der Waals surface area contributed by atoms with Crippen LogP contribution in [0.3, 0.4) is 0 Å². The normalized spacial score (nSPS) is 13.5. The minimum absolute atomic E-state index is 0.0190. The van der Waals surface area contributed by atoms with E-state index in [4.69, 9.17) is 14.2 Å². The van der Waals surface area contributed by atoms with Gasteiger partial charge in [0.25, 0.3) is 10.0 Å². The molecule has 224 valence electrons. The number of carbonyl (C=O) groups excluding carboxylic acids is 2. The second-order valence-electron chi connectivity index (χ2n) is 10.9. The van der Waals surface area contributed by atoms with Crippen LogP contribution in [0.5, 0.6) is 17.2 Å². The number of sulfonamides is 1. The number of methoxy groups -OCH3 is 1. The topological polar surface area (TPSA) is 114 Å². The van der Waals surface area contributed by atoms with E-state index in [-0.39, 0.29) is 23.0 Å². The van der Waals surface area contributed by atoms with Crippen LogP contribution < -0.4 is 23.8 Å². The zero-order chi connectivity index (χ0) is 30.5. The maximum Gasteiger partial charge on any atom is 0.264 e. The molecule has 2 amide bonds. The van der Waals surface area contributed by atoms with E-state index < -0.39 is 34.1 Å². The molecule has 4 rings (SSSR count). The summed E-state index contributed by atoms with van der Waals surface area (Å²) >= 11 is 0. The quantitative estimate of drug-likeness (QED) is 0.377. The summed E-state index contributed by atoms with van der Waals surface area (Å²) < 4.78 is 45.6. The summed E-state index contributed by atoms with van der Waals surface area (Å²) in [4.78, 5) is 28.8. The van der Waals surface area contributed by atoms with E-state index in [1.54, 1.807) is 68.6 Å². The third-order valence-corrected chi connectivity index (χ3v) is 8.36. The van der Waals surface area contributed by atoms with Crippen LogP contribution in [0.15, 0.2) is 77.7 Å². The number of hydrogen-bond donors (Lipinski definition) is 1. The number of nitrogens with zero attached hydrogens (tertiary/aromatic N) is 2. The summed E-state index contributed by atoms with van der Waals surface area (Å²) in [6.07, 6.45) is 0. The Morgan fingerprint density at radius 1 is 0.952 bits per heavy atom. The molecule has 42 heavy (non-hydrogen) atoms. The summed E-state index contributed by atoms with van der Waals surface area (Å²) in [5.41, 5.74) is 0.406. The number of anilines is 1. The Balaban J connectivity index is 1.74. The van der Waals surface area contributed by atoms with E-state index in [0.29, 0.717) is 30.5 Å². The van der Waals surface area contributed by atoms with E-state index in [2.05, 4.69) is 5.32 Å². The van der Waals surface area contributed by atoms with Crippen molar-refractivity contribution in [3.05, 3.63) is 78.4 Å². The third kappa shape index (κ3) is 7.33. The van der Waals surface area contributed by atoms with Gasteiger partial charge in [0.1, 0.15) is 31.5 Å². The first-order valence-corrected chi connectivity index (χ1v) is 15.0. The number of hydrogen-bond acceptors (Lipinski definition) is 7. The fraction of sp³-hybridized carbons (Fsp3) is 0.355. The van der Waals surface area contributed by atoms with Gasteiger partial charge in [-0.3, -0.25) is 13.9 Å². The predicted molar refractivity (Wildman–Crippen MR) is 159 cm³/mol. The number of carbonyl (C=O) groups is 2. The monoisotopic (exact) mass is 595 g/mol. The van der Waals surface area contributed by atoms with Gasteiger partial charge in [0.2, 0.25) is 11.8 Å². The zero-order valence-electron chi connectivity index (χ0n) is 24.5. The van der Waals surface area contributed by atoms with Crippen molar-refractivity contribution in [3.63, 3.8) is 0 Å². The molecule has 0 spiro atoms. The average Bonchev–Trinajstić information content (AvgIpc) is 2.97. The zero-order valence-corrected chi connectivity index (χ0v) is 25.3. The fourth-order valence-corrected chi connectivity index (χ4v) is 5.89. The highest BCUT2D eigenvalue weighted by Gasteiger charge is 2.34. The van der Waals surface area contributed by atoms with Crippen LogP contribution in [-0.2, 0) is 26.2 Å². The molecule has 3 aromatic rings. The molecule has 10 nitrogen and oxygen atoms in total. The van der Waals surface area contributed by atoms with Crippen LogP contribution in [0.4, 0.5) is 5.69 Å². The minimum atomic E-state index is -4.20. The number of benzene rings is 3. The summed E-state index contributed by atoms with van der Waals surface area (Å²) in [6, 6.07) is 18.9. The largest absolute Gasteiger partial charge is 0.497 e. The van der Waals surface area contributed by atoms with Gasteiger partial charge in [0, 0.05) is 18.2 Å². The van der Waals surface area contributed by atoms with Crippen molar-refractivity contribution in [1.82, 2.24) is 10.2 Å². The molecule has 0 saturated carbocycles. The predicted octanol–water partition coefficient (Wildman–Crippen LogP) is 3.99. The minimum Gasteiger partial charge on any atom is -0.497 e. The molecule has 1 aliphatic heterocycles. The van der Waals surface area contributed by atoms with Gasteiger partial charge in [-0.1, -0.05) is 30.3 Å². The lowest BCUT2D eigenvalue weighted by molar-refractivity contribution is -0.140. The number of rotatable bonds is 10. The average molecular weight is 596 g/mol. The number of amides is 2. The highest BCUT2D eigenvalue weighted by atomic mass is 32.2. The van der Waals surface area contributed by atoms with Crippen molar-refractivity contribution in [2.45, 2.75) is 50.7 Å². The summed E-state index contributed by atoms with van der Waals surface area (Å²) in [7, 11) is -2.66. The van der Waals surface area contributed by atoms with Gasteiger partial charge in [-0.05, 0) is 69.7 Å². The standard InChI is InChI=1S/C31H37N3O7S/c1-22(30(36)32-31(2,3)4)33(20-23-10-9-11-25(18-23)39-5)29(35)21-34(42(37,38)26-12-7-6-8-13-26)24-14-15-27-28(19-24)41-17-16-40-27/h6-15,18-19,22H,16-17,20-21H2,1-5H3,(H,32,36)/t22-/m0/s1. The van der Waals surface area contributed by atoms with E-state index in [0.717, 1.165) is 9.87 Å². The van der Waals surface area contributed by atoms with Crippen LogP contribution >= 0.6 is 0 Å². The first-order valence-electron chi connectivity index (χ1n) is 13.6. The lowest BCUT2D eigenvalue weighted by Gasteiger charge is -2.33. The van der Waals surface area contributed by atoms with Crippen LogP contribution in [-0.4, -0.2) is 63.6 Å². The number of nitrogens with one attached hydrogen (secondary N) is 1. The van der Waals surface area contributed by atoms with E-state index in [9.17, 15) is 18.0 Å². The highest BCUT2D eigenvalue weighted by Crippen LogP contribution is 2.36. The van der Waals surface area contributed by atoms with Crippen LogP contribution in [0.2, 0.25) is 0 Å². The third-order valence-electron chi connectivity index (χ3n) is 6.58. The number of ether oxygens (including phenoxy) is 3. The molecule has 3 aromatic carbocycles. The molecule has 0 fully saturated rings. The van der Waals surface area contributed by atoms with Gasteiger partial charge in [-0.15, -0.1) is 0 Å². The van der Waals surface area contributed by atoms with E-state index in [1.807, 2.05) is 26.8 Å². The molecule has 0 aliphatic carbocycles. The smallest absolute Gasteiger partial charge is 0.264 e. The van der Waals surface area contributed by atoms with Gasteiger partial charge in [-0.2, -0.15) is 0 Å². The highest BCUT2D eigenvalue weighted by molar-refractivity contribution is 7.92. The first kappa shape index (κ1) is 30.7. The Kier molecular flexibility index (Phi) is 9.30. The van der Waals surface area contributed by atoms with Crippen molar-refractivity contribution in [1.29, 1.82) is 0 Å². The van der Waals surface area contributed by atoms with Crippen molar-refractivity contribution >= 4 is 27.5 Å². The summed E-state index contributed by atoms with van der Waals surface area (Å²) in [6.45, 7) is 7.36. The molecule has 11 heteroatoms. The maximum atomic E-state index is 14.1. The Labute approximate surface area is 247 Å². The lowest BCUT2D eigenvalue weighted by Crippen LogP contribution is -2.54. The van der Waals surface area contributed by atoms with E-state index >= 15 is 0 Å². The van der Waals surface area contributed by atoms with Crippen molar-refractivity contribution in [2.24, 2.45) is 0 Å². The first-order chi connectivity index (χ1) is 19.9. The second kappa shape index (κ2) is 12.7. The maximum absolute atomic E-state index is 14.1. The fourth-order valence-electron chi connectivity index (χ4n) is 4.46. The molecule has 1 aliphatic rings. The summed E-state index contributed by atoms with van der Waals surface area (Å²) in [5, 5.41) is 2.92. The molecule has 1 N–H and O–H groups in total. The van der Waals surface area contributed by atoms with Gasteiger partial charge in [0.05, 0.1) is 17.7 Å². The molecule has 0 saturated heterocycles. The van der Waals surface area contributed by atoms with Crippen LogP contribution in [0.25, 0.3) is 0 Å². The van der Waals surface area contributed by atoms with Crippen LogP contribution in [0, 0.1) is 0 Å². The van der Waals surface area contributed by atoms with Crippen molar-refractivity contribution in [2.75, 3.05) is 31.2 Å². The summed E-state index contributed by atoms with van der Waals surface area (Å²) in [5.74, 6) is 0.529. The molecular formula is C31H37N3O7S. The molecule has 0 radical (unpaired) electrons. The Bertz CT molecular complexity index is 1520. The van der Waals surface area contributed by atoms with Gasteiger partial charge in [0.15, 0.2) is 11.5 Å². The van der Waals surface area contributed by atoms with Crippen molar-refractivity contribution in [3.8, 4) is 17.2 Å². The lowest BCUT2D eigenvalue weighted by atomic mass is 10.1. The second-order valence-corrected chi connectivity index (χ2v) is 12.8. The van der Waals surface area contributed by atoms with Crippen molar-refractivity contribution < 1.29 is 32.2 Å². The van der Waals surface area contributed by atoms with Crippen LogP contribution in [0.1, 0.15) is 33.3 Å².